The summed E-state index contributed by atoms with van der Waals surface area (Å²) in [7, 11) is -3.38. The molecule has 1 aliphatic carbocycles. The van der Waals surface area contributed by atoms with Gasteiger partial charge < -0.3 is 4.52 Å². The summed E-state index contributed by atoms with van der Waals surface area (Å²) >= 11 is 1.33. The molecular weight excluding hydrogens is 360 g/mol. The van der Waals surface area contributed by atoms with E-state index in [9.17, 15) is 8.42 Å². The number of piperazine rings is 1. The average molecular weight is 383 g/mol. The quantitative estimate of drug-likeness (QED) is 0.790. The topological polar surface area (TPSA) is 79.5 Å². The summed E-state index contributed by atoms with van der Waals surface area (Å²) in [6.07, 6.45) is 2.29. The third kappa shape index (κ3) is 3.38. The van der Waals surface area contributed by atoms with Crippen LogP contribution in [0.4, 0.5) is 0 Å². The van der Waals surface area contributed by atoms with Crippen LogP contribution in [0.2, 0.25) is 0 Å². The Kier molecular flexibility index (Phi) is 4.43. The molecule has 2 aromatic rings. The van der Waals surface area contributed by atoms with E-state index in [0.29, 0.717) is 42.2 Å². The van der Waals surface area contributed by atoms with Crippen LogP contribution in [0, 0.1) is 6.92 Å². The normalized spacial score (nSPS) is 21.5. The zero-order valence-electron chi connectivity index (χ0n) is 14.4. The molecule has 7 nitrogen and oxygen atoms in total. The lowest BCUT2D eigenvalue weighted by atomic mass is 10.2. The van der Waals surface area contributed by atoms with Crippen molar-refractivity contribution in [2.24, 2.45) is 0 Å². The molecule has 4 rings (SSSR count). The summed E-state index contributed by atoms with van der Waals surface area (Å²) in [6, 6.07) is 3.55. The Balaban J connectivity index is 1.40. The maximum Gasteiger partial charge on any atom is 0.252 e. The van der Waals surface area contributed by atoms with Gasteiger partial charge in [-0.05, 0) is 38.8 Å². The van der Waals surface area contributed by atoms with Gasteiger partial charge in [0.1, 0.15) is 4.21 Å². The molecule has 1 saturated heterocycles. The Morgan fingerprint density at radius 1 is 1.24 bits per heavy atom. The number of hydrogen-bond donors (Lipinski definition) is 0. The predicted octanol–water partition coefficient (Wildman–Crippen LogP) is 2.38. The average Bonchev–Trinajstić information content (AvgIpc) is 3.16. The minimum Gasteiger partial charge on any atom is -0.338 e. The lowest BCUT2D eigenvalue weighted by Crippen LogP contribution is -2.49. The third-order valence-corrected chi connectivity index (χ3v) is 8.25. The zero-order chi connectivity index (χ0) is 17.6. The molecule has 0 radical (unpaired) electrons. The fourth-order valence-corrected chi connectivity index (χ4v) is 5.95. The van der Waals surface area contributed by atoms with Gasteiger partial charge in [-0.25, -0.2) is 8.42 Å². The molecule has 0 aromatic carbocycles. The molecule has 2 aliphatic rings. The molecule has 1 saturated carbocycles. The van der Waals surface area contributed by atoms with Gasteiger partial charge in [-0.15, -0.1) is 11.3 Å². The zero-order valence-corrected chi connectivity index (χ0v) is 16.0. The van der Waals surface area contributed by atoms with E-state index in [1.807, 2.05) is 19.9 Å². The smallest absolute Gasteiger partial charge is 0.252 e. The van der Waals surface area contributed by atoms with Crippen molar-refractivity contribution in [1.29, 1.82) is 0 Å². The van der Waals surface area contributed by atoms with E-state index < -0.39 is 10.0 Å². The number of aromatic nitrogens is 2. The fourth-order valence-electron chi connectivity index (χ4n) is 3.09. The molecule has 25 heavy (non-hydrogen) atoms. The van der Waals surface area contributed by atoms with Crippen LogP contribution in [0.25, 0.3) is 0 Å². The second-order valence-electron chi connectivity index (χ2n) is 6.75. The van der Waals surface area contributed by atoms with Gasteiger partial charge in [-0.2, -0.15) is 9.29 Å². The number of hydrogen-bond acceptors (Lipinski definition) is 7. The Morgan fingerprint density at radius 3 is 2.56 bits per heavy atom. The van der Waals surface area contributed by atoms with E-state index in [1.165, 1.54) is 11.3 Å². The number of aryl methyl sites for hydroxylation is 1. The van der Waals surface area contributed by atoms with Gasteiger partial charge in [0.2, 0.25) is 5.89 Å². The largest absolute Gasteiger partial charge is 0.338 e. The van der Waals surface area contributed by atoms with Crippen LogP contribution in [-0.4, -0.2) is 53.9 Å². The number of thiophene rings is 1. The molecule has 0 amide bonds. The molecule has 0 spiro atoms. The Morgan fingerprint density at radius 2 is 1.96 bits per heavy atom. The van der Waals surface area contributed by atoms with E-state index in [1.54, 1.807) is 10.4 Å². The summed E-state index contributed by atoms with van der Waals surface area (Å²) in [5.41, 5.74) is 0. The van der Waals surface area contributed by atoms with Crippen LogP contribution in [0.3, 0.4) is 0 Å². The van der Waals surface area contributed by atoms with E-state index in [2.05, 4.69) is 15.0 Å². The van der Waals surface area contributed by atoms with Crippen molar-refractivity contribution in [2.45, 2.75) is 42.9 Å². The van der Waals surface area contributed by atoms with E-state index in [4.69, 9.17) is 4.52 Å². The van der Waals surface area contributed by atoms with Crippen LogP contribution in [0.1, 0.15) is 48.3 Å². The monoisotopic (exact) mass is 382 g/mol. The number of sulfonamides is 1. The summed E-state index contributed by atoms with van der Waals surface area (Å²) in [4.78, 5) is 7.73. The van der Waals surface area contributed by atoms with E-state index in [0.717, 1.165) is 23.5 Å². The fraction of sp³-hybridized carbons (Fsp3) is 0.625. The van der Waals surface area contributed by atoms with Gasteiger partial charge in [-0.1, -0.05) is 5.16 Å². The van der Waals surface area contributed by atoms with Gasteiger partial charge >= 0.3 is 0 Å². The molecule has 136 valence electrons. The molecule has 0 bridgehead atoms. The Bertz CT molecular complexity index is 848. The molecule has 1 aliphatic heterocycles. The van der Waals surface area contributed by atoms with Crippen molar-refractivity contribution in [3.63, 3.8) is 0 Å². The molecule has 0 N–H and O–H groups in total. The van der Waals surface area contributed by atoms with Crippen LogP contribution in [0.5, 0.6) is 0 Å². The van der Waals surface area contributed by atoms with Gasteiger partial charge in [0.25, 0.3) is 10.0 Å². The summed E-state index contributed by atoms with van der Waals surface area (Å²) in [5, 5.41) is 4.07. The van der Waals surface area contributed by atoms with Crippen molar-refractivity contribution in [3.8, 4) is 0 Å². The molecule has 2 aromatic heterocycles. The Labute approximate surface area is 151 Å². The highest BCUT2D eigenvalue weighted by Crippen LogP contribution is 2.38. The van der Waals surface area contributed by atoms with Gasteiger partial charge in [0.05, 0.1) is 6.04 Å². The van der Waals surface area contributed by atoms with Gasteiger partial charge in [0, 0.05) is 37.0 Å². The minimum absolute atomic E-state index is 0.00818. The third-order valence-electron chi connectivity index (χ3n) is 4.89. The number of rotatable bonds is 5. The highest BCUT2D eigenvalue weighted by Gasteiger charge is 2.34. The molecule has 2 fully saturated rings. The maximum atomic E-state index is 12.7. The lowest BCUT2D eigenvalue weighted by molar-refractivity contribution is 0.124. The molecule has 1 atom stereocenters. The van der Waals surface area contributed by atoms with Crippen molar-refractivity contribution in [2.75, 3.05) is 26.2 Å². The molecule has 1 unspecified atom stereocenters. The number of nitrogens with zero attached hydrogens (tertiary/aromatic N) is 4. The summed E-state index contributed by atoms with van der Waals surface area (Å²) in [5.74, 6) is 1.92. The first-order valence-electron chi connectivity index (χ1n) is 8.59. The molecular formula is C16H22N4O3S2. The summed E-state index contributed by atoms with van der Waals surface area (Å²) in [6.45, 7) is 6.23. The van der Waals surface area contributed by atoms with Gasteiger partial charge in [-0.3, -0.25) is 4.90 Å². The van der Waals surface area contributed by atoms with Crippen LogP contribution >= 0.6 is 11.3 Å². The molecule has 9 heteroatoms. The minimum atomic E-state index is -3.38. The SMILES string of the molecule is Cc1ccc(S(=O)(=O)N2CCN(C(C)c3nc(C4CC4)no3)CC2)s1. The van der Waals surface area contributed by atoms with E-state index in [-0.39, 0.29) is 6.04 Å². The first-order valence-corrected chi connectivity index (χ1v) is 10.8. The first kappa shape index (κ1) is 17.1. The first-order chi connectivity index (χ1) is 11.9. The van der Waals surface area contributed by atoms with Crippen molar-refractivity contribution < 1.29 is 12.9 Å². The van der Waals surface area contributed by atoms with Crippen LogP contribution < -0.4 is 0 Å². The highest BCUT2D eigenvalue weighted by atomic mass is 32.2. The highest BCUT2D eigenvalue weighted by molar-refractivity contribution is 7.91. The lowest BCUT2D eigenvalue weighted by Gasteiger charge is -2.35. The van der Waals surface area contributed by atoms with Gasteiger partial charge in [0.15, 0.2) is 5.82 Å². The van der Waals surface area contributed by atoms with Crippen LogP contribution in [-0.2, 0) is 10.0 Å². The van der Waals surface area contributed by atoms with Crippen molar-refractivity contribution in [1.82, 2.24) is 19.3 Å². The Hall–Kier alpha value is -1.29. The summed E-state index contributed by atoms with van der Waals surface area (Å²) < 4.78 is 32.8. The predicted molar refractivity (Wildman–Crippen MR) is 94.1 cm³/mol. The van der Waals surface area contributed by atoms with Crippen molar-refractivity contribution >= 4 is 21.4 Å². The second kappa shape index (κ2) is 6.46. The second-order valence-corrected chi connectivity index (χ2v) is 10.2. The maximum absolute atomic E-state index is 12.7. The molecule has 3 heterocycles. The van der Waals surface area contributed by atoms with Crippen LogP contribution in [0.15, 0.2) is 20.9 Å². The standard InChI is InChI=1S/C16H22N4O3S2/c1-11-3-6-14(24-11)25(21,22)20-9-7-19(8-10-20)12(2)16-17-15(18-23-16)13-4-5-13/h3,6,12-13H,4-5,7-10H2,1-2H3. The van der Waals surface area contributed by atoms with Crippen molar-refractivity contribution in [3.05, 3.63) is 28.7 Å². The van der Waals surface area contributed by atoms with E-state index >= 15 is 0 Å².